The Morgan fingerprint density at radius 2 is 1.68 bits per heavy atom. The van der Waals surface area contributed by atoms with Gasteiger partial charge in [-0.2, -0.15) is 8.42 Å². The molecule has 0 aliphatic rings. The van der Waals surface area contributed by atoms with Gasteiger partial charge in [0.25, 0.3) is 10.0 Å². The number of benzene rings is 2. The highest BCUT2D eigenvalue weighted by Crippen LogP contribution is 2.27. The van der Waals surface area contributed by atoms with Crippen LogP contribution in [0.1, 0.15) is 5.56 Å². The topological polar surface area (TPSA) is 49.7 Å². The SMILES string of the molecule is CN(C)/C(=N/S(=O)(=O)c1cc(Cl)ccc1Cl)c1ccccc1. The van der Waals surface area contributed by atoms with Gasteiger partial charge in [-0.05, 0) is 18.2 Å². The zero-order valence-electron chi connectivity index (χ0n) is 12.0. The Kier molecular flexibility index (Phi) is 5.11. The van der Waals surface area contributed by atoms with Gasteiger partial charge in [-0.25, -0.2) is 0 Å². The van der Waals surface area contributed by atoms with Crippen LogP contribution in [0.25, 0.3) is 0 Å². The van der Waals surface area contributed by atoms with Crippen LogP contribution in [-0.4, -0.2) is 33.2 Å². The first-order valence-electron chi connectivity index (χ1n) is 6.34. The lowest BCUT2D eigenvalue weighted by molar-refractivity contribution is 0.592. The van der Waals surface area contributed by atoms with Crippen LogP contribution in [0.4, 0.5) is 0 Å². The predicted molar refractivity (Wildman–Crippen MR) is 90.3 cm³/mol. The minimum atomic E-state index is -3.98. The van der Waals surface area contributed by atoms with Crippen LogP contribution in [0.3, 0.4) is 0 Å². The summed E-state index contributed by atoms with van der Waals surface area (Å²) < 4.78 is 29.0. The number of amidine groups is 1. The highest BCUT2D eigenvalue weighted by atomic mass is 35.5. The molecule has 2 aromatic rings. The van der Waals surface area contributed by atoms with Gasteiger partial charge in [-0.1, -0.05) is 53.5 Å². The van der Waals surface area contributed by atoms with Crippen molar-refractivity contribution >= 4 is 39.1 Å². The first kappa shape index (κ1) is 16.8. The van der Waals surface area contributed by atoms with Gasteiger partial charge in [-0.15, -0.1) is 4.40 Å². The van der Waals surface area contributed by atoms with Gasteiger partial charge in [-0.3, -0.25) is 0 Å². The van der Waals surface area contributed by atoms with Crippen molar-refractivity contribution in [3.05, 3.63) is 64.1 Å². The van der Waals surface area contributed by atoms with Crippen molar-refractivity contribution in [3.63, 3.8) is 0 Å². The molecule has 0 N–H and O–H groups in total. The molecule has 0 atom stereocenters. The number of nitrogens with zero attached hydrogens (tertiary/aromatic N) is 2. The number of hydrogen-bond acceptors (Lipinski definition) is 2. The molecule has 116 valence electrons. The van der Waals surface area contributed by atoms with Crippen molar-refractivity contribution in [2.45, 2.75) is 4.90 Å². The van der Waals surface area contributed by atoms with Crippen LogP contribution < -0.4 is 0 Å². The normalized spacial score (nSPS) is 12.3. The van der Waals surface area contributed by atoms with Crippen molar-refractivity contribution in [2.75, 3.05) is 14.1 Å². The molecule has 0 bridgehead atoms. The molecule has 0 amide bonds. The second kappa shape index (κ2) is 6.69. The van der Waals surface area contributed by atoms with E-state index in [1.54, 1.807) is 31.1 Å². The number of sulfonamides is 1. The molecule has 0 fully saturated rings. The lowest BCUT2D eigenvalue weighted by Gasteiger charge is -2.16. The van der Waals surface area contributed by atoms with Crippen LogP contribution in [0.2, 0.25) is 10.0 Å². The highest BCUT2D eigenvalue weighted by Gasteiger charge is 2.20. The average Bonchev–Trinajstić information content (AvgIpc) is 2.48. The lowest BCUT2D eigenvalue weighted by Crippen LogP contribution is -2.24. The second-order valence-corrected chi connectivity index (χ2v) is 7.14. The Bertz CT molecular complexity index is 804. The van der Waals surface area contributed by atoms with E-state index in [-0.39, 0.29) is 14.9 Å². The van der Waals surface area contributed by atoms with E-state index in [2.05, 4.69) is 4.40 Å². The highest BCUT2D eigenvalue weighted by molar-refractivity contribution is 7.90. The molecule has 22 heavy (non-hydrogen) atoms. The molecule has 0 saturated heterocycles. The molecule has 0 saturated carbocycles. The third-order valence-electron chi connectivity index (χ3n) is 2.83. The molecular formula is C15H14Cl2N2O2S. The van der Waals surface area contributed by atoms with Crippen molar-refractivity contribution in [3.8, 4) is 0 Å². The molecule has 7 heteroatoms. The lowest BCUT2D eigenvalue weighted by atomic mass is 10.2. The summed E-state index contributed by atoms with van der Waals surface area (Å²) >= 11 is 11.8. The molecule has 2 rings (SSSR count). The largest absolute Gasteiger partial charge is 0.362 e. The summed E-state index contributed by atoms with van der Waals surface area (Å²) in [6, 6.07) is 13.3. The van der Waals surface area contributed by atoms with Crippen LogP contribution in [0, 0.1) is 0 Å². The standard InChI is InChI=1S/C15H14Cl2N2O2S/c1-19(2)15(11-6-4-3-5-7-11)18-22(20,21)14-10-12(16)8-9-13(14)17/h3-10H,1-2H3/b18-15+. The van der Waals surface area contributed by atoms with Gasteiger partial charge >= 0.3 is 0 Å². The van der Waals surface area contributed by atoms with E-state index >= 15 is 0 Å². The quantitative estimate of drug-likeness (QED) is 0.622. The minimum Gasteiger partial charge on any atom is -0.362 e. The van der Waals surface area contributed by atoms with Crippen LogP contribution in [-0.2, 0) is 10.0 Å². The molecular weight excluding hydrogens is 343 g/mol. The van der Waals surface area contributed by atoms with E-state index in [1.807, 2.05) is 18.2 Å². The third-order valence-corrected chi connectivity index (χ3v) is 4.82. The molecule has 0 spiro atoms. The van der Waals surface area contributed by atoms with Crippen LogP contribution in [0.15, 0.2) is 57.8 Å². The van der Waals surface area contributed by atoms with E-state index in [4.69, 9.17) is 23.2 Å². The van der Waals surface area contributed by atoms with Crippen LogP contribution in [0.5, 0.6) is 0 Å². The van der Waals surface area contributed by atoms with E-state index in [9.17, 15) is 8.42 Å². The summed E-state index contributed by atoms with van der Waals surface area (Å²) in [4.78, 5) is 1.52. The maximum atomic E-state index is 12.5. The fourth-order valence-corrected chi connectivity index (χ4v) is 3.65. The van der Waals surface area contributed by atoms with Crippen molar-refractivity contribution in [1.29, 1.82) is 0 Å². The number of rotatable bonds is 3. The molecule has 2 aromatic carbocycles. The predicted octanol–water partition coefficient (Wildman–Crippen LogP) is 3.69. The summed E-state index contributed by atoms with van der Waals surface area (Å²) in [6.45, 7) is 0. The molecule has 0 heterocycles. The van der Waals surface area contributed by atoms with E-state index < -0.39 is 10.0 Å². The van der Waals surface area contributed by atoms with Gasteiger partial charge < -0.3 is 4.90 Å². The molecule has 0 aliphatic carbocycles. The number of halogens is 2. The van der Waals surface area contributed by atoms with Gasteiger partial charge in [0.15, 0.2) is 0 Å². The van der Waals surface area contributed by atoms with Crippen LogP contribution >= 0.6 is 23.2 Å². The zero-order chi connectivity index (χ0) is 16.3. The average molecular weight is 357 g/mol. The van der Waals surface area contributed by atoms with Gasteiger partial charge in [0.1, 0.15) is 10.7 Å². The summed E-state index contributed by atoms with van der Waals surface area (Å²) in [5, 5.41) is 0.364. The summed E-state index contributed by atoms with van der Waals surface area (Å²) in [5.74, 6) is 0.316. The van der Waals surface area contributed by atoms with Crippen molar-refractivity contribution in [1.82, 2.24) is 4.90 Å². The first-order chi connectivity index (χ1) is 10.3. The van der Waals surface area contributed by atoms with E-state index in [0.29, 0.717) is 11.4 Å². The second-order valence-electron chi connectivity index (χ2n) is 4.73. The van der Waals surface area contributed by atoms with E-state index in [0.717, 1.165) is 0 Å². The molecule has 0 unspecified atom stereocenters. The maximum Gasteiger partial charge on any atom is 0.285 e. The Balaban J connectivity index is 2.59. The summed E-state index contributed by atoms with van der Waals surface area (Å²) in [7, 11) is -0.530. The number of hydrogen-bond donors (Lipinski definition) is 0. The molecule has 0 radical (unpaired) electrons. The Morgan fingerprint density at radius 3 is 2.27 bits per heavy atom. The van der Waals surface area contributed by atoms with Crippen molar-refractivity contribution < 1.29 is 8.42 Å². The smallest absolute Gasteiger partial charge is 0.285 e. The van der Waals surface area contributed by atoms with Gasteiger partial charge in [0.2, 0.25) is 0 Å². The Hall–Kier alpha value is -1.56. The molecule has 0 aromatic heterocycles. The minimum absolute atomic E-state index is 0.0827. The third kappa shape index (κ3) is 3.80. The van der Waals surface area contributed by atoms with Crippen molar-refractivity contribution in [2.24, 2.45) is 4.40 Å². The zero-order valence-corrected chi connectivity index (χ0v) is 14.3. The monoisotopic (exact) mass is 356 g/mol. The summed E-state index contributed by atoms with van der Waals surface area (Å²) in [5.41, 5.74) is 0.689. The Labute approximate surface area is 140 Å². The van der Waals surface area contributed by atoms with Gasteiger partial charge in [0.05, 0.1) is 5.02 Å². The Morgan fingerprint density at radius 1 is 1.05 bits per heavy atom. The fraction of sp³-hybridized carbons (Fsp3) is 0.133. The molecule has 4 nitrogen and oxygen atoms in total. The van der Waals surface area contributed by atoms with E-state index in [1.165, 1.54) is 18.2 Å². The fourth-order valence-electron chi connectivity index (χ4n) is 1.82. The molecule has 0 aliphatic heterocycles. The van der Waals surface area contributed by atoms with Gasteiger partial charge in [0, 0.05) is 24.7 Å². The maximum absolute atomic E-state index is 12.5. The summed E-state index contributed by atoms with van der Waals surface area (Å²) in [6.07, 6.45) is 0. The first-order valence-corrected chi connectivity index (χ1v) is 8.53.